The third kappa shape index (κ3) is 2.95. The van der Waals surface area contributed by atoms with Crippen molar-refractivity contribution in [2.75, 3.05) is 6.54 Å². The van der Waals surface area contributed by atoms with Gasteiger partial charge in [-0.2, -0.15) is 0 Å². The highest BCUT2D eigenvalue weighted by atomic mass is 79.9. The standard InChI is InChI=1S/C10H11BrF3N/c11-8-7(12)5-6(3-1-2-4-15)9(13)10(8)14/h5H,1-4,15H2. The van der Waals surface area contributed by atoms with Crippen LogP contribution in [0.4, 0.5) is 13.2 Å². The fraction of sp³-hybridized carbons (Fsp3) is 0.400. The van der Waals surface area contributed by atoms with Gasteiger partial charge >= 0.3 is 0 Å². The first-order valence-electron chi connectivity index (χ1n) is 4.60. The fourth-order valence-electron chi connectivity index (χ4n) is 1.26. The molecule has 1 nitrogen and oxygen atoms in total. The fourth-order valence-corrected chi connectivity index (χ4v) is 1.55. The molecule has 1 aromatic carbocycles. The molecular weight excluding hydrogens is 271 g/mol. The van der Waals surface area contributed by atoms with E-state index >= 15 is 0 Å². The normalized spacial score (nSPS) is 10.7. The van der Waals surface area contributed by atoms with Crippen LogP contribution in [0.2, 0.25) is 0 Å². The Bertz CT molecular complexity index is 355. The summed E-state index contributed by atoms with van der Waals surface area (Å²) in [6.07, 6.45) is 1.62. The van der Waals surface area contributed by atoms with Crippen LogP contribution in [0, 0.1) is 17.5 Å². The summed E-state index contributed by atoms with van der Waals surface area (Å²) in [7, 11) is 0. The Hall–Kier alpha value is -0.550. The van der Waals surface area contributed by atoms with Gasteiger partial charge in [0.25, 0.3) is 0 Å². The summed E-state index contributed by atoms with van der Waals surface area (Å²) < 4.78 is 38.9. The molecule has 1 aromatic rings. The maximum Gasteiger partial charge on any atom is 0.176 e. The maximum absolute atomic E-state index is 13.3. The third-order valence-corrected chi connectivity index (χ3v) is 2.81. The minimum absolute atomic E-state index is 0.0571. The predicted octanol–water partition coefficient (Wildman–Crippen LogP) is 3.15. The van der Waals surface area contributed by atoms with Gasteiger partial charge in [-0.25, -0.2) is 13.2 Å². The van der Waals surface area contributed by atoms with Gasteiger partial charge in [-0.15, -0.1) is 0 Å². The zero-order chi connectivity index (χ0) is 11.4. The number of hydrogen-bond acceptors (Lipinski definition) is 1. The second-order valence-corrected chi connectivity index (χ2v) is 4.00. The Kier molecular flexibility index (Phi) is 4.60. The van der Waals surface area contributed by atoms with E-state index in [2.05, 4.69) is 15.9 Å². The minimum atomic E-state index is -1.17. The van der Waals surface area contributed by atoms with Gasteiger partial charge in [-0.05, 0) is 53.4 Å². The summed E-state index contributed by atoms with van der Waals surface area (Å²) in [6, 6.07) is 1.01. The predicted molar refractivity (Wildman–Crippen MR) is 56.0 cm³/mol. The summed E-state index contributed by atoms with van der Waals surface area (Å²) in [4.78, 5) is 0. The smallest absolute Gasteiger partial charge is 0.176 e. The van der Waals surface area contributed by atoms with Crippen LogP contribution in [-0.2, 0) is 6.42 Å². The number of benzene rings is 1. The van der Waals surface area contributed by atoms with Crippen molar-refractivity contribution in [3.8, 4) is 0 Å². The average molecular weight is 282 g/mol. The lowest BCUT2D eigenvalue weighted by Crippen LogP contribution is -2.02. The number of halogens is 4. The second kappa shape index (κ2) is 5.51. The summed E-state index contributed by atoms with van der Waals surface area (Å²) in [5.74, 6) is -2.94. The van der Waals surface area contributed by atoms with Crippen molar-refractivity contribution in [2.24, 2.45) is 5.73 Å². The molecule has 84 valence electrons. The van der Waals surface area contributed by atoms with Crippen LogP contribution in [0.15, 0.2) is 10.5 Å². The van der Waals surface area contributed by atoms with Crippen LogP contribution in [-0.4, -0.2) is 6.54 Å². The Morgan fingerprint density at radius 1 is 1.13 bits per heavy atom. The number of hydrogen-bond donors (Lipinski definition) is 1. The molecule has 0 radical (unpaired) electrons. The highest BCUT2D eigenvalue weighted by molar-refractivity contribution is 9.10. The van der Waals surface area contributed by atoms with E-state index in [1.807, 2.05) is 0 Å². The van der Waals surface area contributed by atoms with Crippen molar-refractivity contribution in [1.29, 1.82) is 0 Å². The van der Waals surface area contributed by atoms with Gasteiger partial charge < -0.3 is 5.73 Å². The van der Waals surface area contributed by atoms with E-state index in [9.17, 15) is 13.2 Å². The molecule has 0 aliphatic rings. The van der Waals surface area contributed by atoms with E-state index in [-0.39, 0.29) is 5.56 Å². The van der Waals surface area contributed by atoms with Crippen LogP contribution < -0.4 is 5.73 Å². The van der Waals surface area contributed by atoms with Crippen LogP contribution in [0.5, 0.6) is 0 Å². The first-order valence-corrected chi connectivity index (χ1v) is 5.39. The molecule has 0 aromatic heterocycles. The van der Waals surface area contributed by atoms with Crippen molar-refractivity contribution < 1.29 is 13.2 Å². The Morgan fingerprint density at radius 3 is 2.40 bits per heavy atom. The average Bonchev–Trinajstić information content (AvgIpc) is 2.23. The summed E-state index contributed by atoms with van der Waals surface area (Å²) >= 11 is 2.64. The highest BCUT2D eigenvalue weighted by Crippen LogP contribution is 2.25. The van der Waals surface area contributed by atoms with E-state index < -0.39 is 21.9 Å². The summed E-state index contributed by atoms with van der Waals surface area (Å²) in [5.41, 5.74) is 5.32. The maximum atomic E-state index is 13.3. The van der Waals surface area contributed by atoms with Gasteiger partial charge in [0, 0.05) is 0 Å². The highest BCUT2D eigenvalue weighted by Gasteiger charge is 2.16. The molecular formula is C10H11BrF3N. The van der Waals surface area contributed by atoms with Gasteiger partial charge in [0.05, 0.1) is 4.47 Å². The molecule has 0 spiro atoms. The molecule has 5 heteroatoms. The number of rotatable bonds is 4. The molecule has 0 saturated carbocycles. The van der Waals surface area contributed by atoms with Gasteiger partial charge in [0.2, 0.25) is 0 Å². The molecule has 0 amide bonds. The monoisotopic (exact) mass is 281 g/mol. The molecule has 15 heavy (non-hydrogen) atoms. The lowest BCUT2D eigenvalue weighted by atomic mass is 10.1. The molecule has 0 unspecified atom stereocenters. The summed E-state index contributed by atoms with van der Waals surface area (Å²) in [6.45, 7) is 0.489. The lowest BCUT2D eigenvalue weighted by Gasteiger charge is -2.06. The van der Waals surface area contributed by atoms with E-state index in [1.165, 1.54) is 0 Å². The quantitative estimate of drug-likeness (QED) is 0.512. The van der Waals surface area contributed by atoms with Gasteiger partial charge in [0.1, 0.15) is 5.82 Å². The topological polar surface area (TPSA) is 26.0 Å². The zero-order valence-corrected chi connectivity index (χ0v) is 9.58. The van der Waals surface area contributed by atoms with E-state index in [1.54, 1.807) is 0 Å². The Labute approximate surface area is 94.6 Å². The van der Waals surface area contributed by atoms with Crippen LogP contribution in [0.1, 0.15) is 18.4 Å². The van der Waals surface area contributed by atoms with Crippen molar-refractivity contribution in [2.45, 2.75) is 19.3 Å². The van der Waals surface area contributed by atoms with E-state index in [0.717, 1.165) is 6.07 Å². The Morgan fingerprint density at radius 2 is 1.80 bits per heavy atom. The molecule has 0 bridgehead atoms. The van der Waals surface area contributed by atoms with Gasteiger partial charge in [-0.1, -0.05) is 0 Å². The van der Waals surface area contributed by atoms with E-state index in [0.29, 0.717) is 25.8 Å². The van der Waals surface area contributed by atoms with Crippen LogP contribution in [0.25, 0.3) is 0 Å². The van der Waals surface area contributed by atoms with Crippen molar-refractivity contribution in [3.05, 3.63) is 33.6 Å². The summed E-state index contributed by atoms with van der Waals surface area (Å²) in [5, 5.41) is 0. The van der Waals surface area contributed by atoms with E-state index in [4.69, 9.17) is 5.73 Å². The molecule has 0 fully saturated rings. The van der Waals surface area contributed by atoms with Crippen LogP contribution >= 0.6 is 15.9 Å². The minimum Gasteiger partial charge on any atom is -0.330 e. The van der Waals surface area contributed by atoms with Crippen LogP contribution in [0.3, 0.4) is 0 Å². The molecule has 0 saturated heterocycles. The molecule has 0 heterocycles. The third-order valence-electron chi connectivity index (χ3n) is 2.08. The molecule has 0 aliphatic carbocycles. The van der Waals surface area contributed by atoms with Gasteiger partial charge in [0.15, 0.2) is 11.6 Å². The zero-order valence-electron chi connectivity index (χ0n) is 7.99. The van der Waals surface area contributed by atoms with Crippen molar-refractivity contribution in [1.82, 2.24) is 0 Å². The first-order chi connectivity index (χ1) is 7.07. The van der Waals surface area contributed by atoms with Crippen molar-refractivity contribution in [3.63, 3.8) is 0 Å². The second-order valence-electron chi connectivity index (χ2n) is 3.21. The molecule has 2 N–H and O–H groups in total. The first kappa shape index (κ1) is 12.5. The molecule has 0 aliphatic heterocycles. The SMILES string of the molecule is NCCCCc1cc(F)c(Br)c(F)c1F. The van der Waals surface area contributed by atoms with Gasteiger partial charge in [-0.3, -0.25) is 0 Å². The van der Waals surface area contributed by atoms with Crippen molar-refractivity contribution >= 4 is 15.9 Å². The number of unbranched alkanes of at least 4 members (excludes halogenated alkanes) is 1. The number of nitrogens with two attached hydrogens (primary N) is 1. The largest absolute Gasteiger partial charge is 0.330 e. The molecule has 1 rings (SSSR count). The lowest BCUT2D eigenvalue weighted by molar-refractivity contribution is 0.476. The molecule has 0 atom stereocenters. The Balaban J connectivity index is 2.89. The number of aryl methyl sites for hydroxylation is 1.